The lowest BCUT2D eigenvalue weighted by atomic mass is 10.1. The summed E-state index contributed by atoms with van der Waals surface area (Å²) in [4.78, 5) is 11.7. The summed E-state index contributed by atoms with van der Waals surface area (Å²) in [6.07, 6.45) is 0.722. The van der Waals surface area contributed by atoms with Gasteiger partial charge in [0.1, 0.15) is 6.04 Å². The molecule has 1 aromatic rings. The number of rotatable bonds is 4. The average molecular weight is 283 g/mol. The third-order valence-corrected chi connectivity index (χ3v) is 4.33. The molecule has 1 aliphatic heterocycles. The van der Waals surface area contributed by atoms with Crippen LogP contribution in [0.25, 0.3) is 0 Å². The lowest BCUT2D eigenvalue weighted by molar-refractivity contribution is -0.116. The van der Waals surface area contributed by atoms with Gasteiger partial charge in [0, 0.05) is 6.54 Å². The second-order valence-electron chi connectivity index (χ2n) is 4.46. The molecule has 0 saturated carbocycles. The summed E-state index contributed by atoms with van der Waals surface area (Å²) >= 11 is 0. The van der Waals surface area contributed by atoms with E-state index in [0.717, 1.165) is 12.1 Å². The maximum absolute atomic E-state index is 12.0. The van der Waals surface area contributed by atoms with Crippen molar-refractivity contribution in [2.75, 3.05) is 17.2 Å². The smallest absolute Gasteiger partial charge is 0.246 e. The third-order valence-electron chi connectivity index (χ3n) is 2.87. The molecule has 1 heterocycles. The minimum absolute atomic E-state index is 0.149. The summed E-state index contributed by atoms with van der Waals surface area (Å²) in [5, 5.41) is 5.69. The summed E-state index contributed by atoms with van der Waals surface area (Å²) in [6, 6.07) is 4.32. The van der Waals surface area contributed by atoms with Crippen molar-refractivity contribution in [1.82, 2.24) is 4.72 Å². The van der Waals surface area contributed by atoms with Gasteiger partial charge >= 0.3 is 0 Å². The van der Waals surface area contributed by atoms with Crippen LogP contribution >= 0.6 is 0 Å². The molecule has 2 rings (SSSR count). The highest BCUT2D eigenvalue weighted by Gasteiger charge is 2.23. The highest BCUT2D eigenvalue weighted by atomic mass is 32.2. The first-order valence-corrected chi connectivity index (χ1v) is 7.63. The number of hydrogen-bond acceptors (Lipinski definition) is 4. The van der Waals surface area contributed by atoms with Gasteiger partial charge in [-0.3, -0.25) is 4.79 Å². The molecule has 0 aromatic heterocycles. The lowest BCUT2D eigenvalue weighted by Crippen LogP contribution is -2.36. The summed E-state index contributed by atoms with van der Waals surface area (Å²) in [5.41, 5.74) is 1.21. The van der Waals surface area contributed by atoms with E-state index in [9.17, 15) is 13.2 Å². The van der Waals surface area contributed by atoms with E-state index < -0.39 is 10.0 Å². The van der Waals surface area contributed by atoms with Crippen molar-refractivity contribution >= 4 is 27.3 Å². The van der Waals surface area contributed by atoms with Crippen molar-refractivity contribution in [3.05, 3.63) is 18.2 Å². The molecule has 1 atom stereocenters. The molecule has 0 fully saturated rings. The first-order chi connectivity index (χ1) is 8.94. The molecule has 104 valence electrons. The third kappa shape index (κ3) is 2.87. The number of carbonyl (C=O) groups excluding carboxylic acids is 1. The maximum atomic E-state index is 12.0. The van der Waals surface area contributed by atoms with Crippen molar-refractivity contribution in [3.63, 3.8) is 0 Å². The normalized spacial score (nSPS) is 18.4. The number of anilines is 2. The second kappa shape index (κ2) is 5.18. The molecule has 0 saturated heterocycles. The minimum atomic E-state index is -3.52. The van der Waals surface area contributed by atoms with Crippen molar-refractivity contribution in [1.29, 1.82) is 0 Å². The molecule has 3 N–H and O–H groups in total. The van der Waals surface area contributed by atoms with Crippen LogP contribution in [0.1, 0.15) is 20.3 Å². The Kier molecular flexibility index (Phi) is 3.77. The van der Waals surface area contributed by atoms with Crippen LogP contribution in [0.4, 0.5) is 11.4 Å². The van der Waals surface area contributed by atoms with Crippen molar-refractivity contribution in [2.24, 2.45) is 0 Å². The largest absolute Gasteiger partial charge is 0.372 e. The Labute approximate surface area is 112 Å². The molecular weight excluding hydrogens is 266 g/mol. The van der Waals surface area contributed by atoms with E-state index in [1.807, 2.05) is 6.92 Å². The van der Waals surface area contributed by atoms with Crippen LogP contribution in [0.3, 0.4) is 0 Å². The number of nitrogens with one attached hydrogen (secondary N) is 3. The van der Waals surface area contributed by atoms with Gasteiger partial charge in [-0.15, -0.1) is 0 Å². The summed E-state index contributed by atoms with van der Waals surface area (Å²) < 4.78 is 26.4. The lowest BCUT2D eigenvalue weighted by Gasteiger charge is -2.24. The van der Waals surface area contributed by atoms with E-state index in [4.69, 9.17) is 0 Å². The fraction of sp³-hybridized carbons (Fsp3) is 0.417. The van der Waals surface area contributed by atoms with Gasteiger partial charge in [-0.1, -0.05) is 6.92 Å². The van der Waals surface area contributed by atoms with Crippen LogP contribution in [-0.2, 0) is 14.8 Å². The van der Waals surface area contributed by atoms with E-state index in [1.165, 1.54) is 12.1 Å². The molecule has 6 nitrogen and oxygen atoms in total. The van der Waals surface area contributed by atoms with Gasteiger partial charge in [-0.25, -0.2) is 13.1 Å². The first-order valence-electron chi connectivity index (χ1n) is 6.15. The molecule has 0 radical (unpaired) electrons. The Bertz CT molecular complexity index is 598. The van der Waals surface area contributed by atoms with Crippen molar-refractivity contribution in [3.8, 4) is 0 Å². The molecule has 1 unspecified atom stereocenters. The topological polar surface area (TPSA) is 87.3 Å². The van der Waals surface area contributed by atoms with Gasteiger partial charge < -0.3 is 10.6 Å². The highest BCUT2D eigenvalue weighted by Crippen LogP contribution is 2.29. The fourth-order valence-electron chi connectivity index (χ4n) is 1.78. The second-order valence-corrected chi connectivity index (χ2v) is 6.23. The Morgan fingerprint density at radius 2 is 2.05 bits per heavy atom. The molecule has 0 aliphatic carbocycles. The summed E-state index contributed by atoms with van der Waals surface area (Å²) in [5.74, 6) is -0.177. The zero-order chi connectivity index (χ0) is 14.0. The van der Waals surface area contributed by atoms with Crippen LogP contribution in [0.2, 0.25) is 0 Å². The number of amides is 1. The van der Waals surface area contributed by atoms with E-state index >= 15 is 0 Å². The number of benzene rings is 1. The van der Waals surface area contributed by atoms with E-state index in [1.54, 1.807) is 13.0 Å². The van der Waals surface area contributed by atoms with Crippen LogP contribution < -0.4 is 15.4 Å². The van der Waals surface area contributed by atoms with Gasteiger partial charge in [-0.2, -0.15) is 0 Å². The molecule has 1 aromatic carbocycles. The number of hydrogen-bond donors (Lipinski definition) is 3. The quantitative estimate of drug-likeness (QED) is 0.773. The summed E-state index contributed by atoms with van der Waals surface area (Å²) in [7, 11) is -3.52. The van der Waals surface area contributed by atoms with E-state index in [0.29, 0.717) is 12.2 Å². The average Bonchev–Trinajstić information content (AvgIpc) is 2.37. The fourth-order valence-corrected chi connectivity index (χ4v) is 2.94. The van der Waals surface area contributed by atoms with Gasteiger partial charge in [0.2, 0.25) is 15.9 Å². The van der Waals surface area contributed by atoms with E-state index in [2.05, 4.69) is 15.4 Å². The predicted molar refractivity (Wildman–Crippen MR) is 73.6 cm³/mol. The molecule has 1 amide bonds. The Morgan fingerprint density at radius 3 is 2.74 bits per heavy atom. The van der Waals surface area contributed by atoms with Crippen LogP contribution in [0.15, 0.2) is 23.1 Å². The molecule has 0 spiro atoms. The SMILES string of the molecule is CCCNS(=O)(=O)c1ccc2c(c1)NC(=O)C(C)N2. The minimum Gasteiger partial charge on any atom is -0.372 e. The van der Waals surface area contributed by atoms with Gasteiger partial charge in [0.25, 0.3) is 0 Å². The predicted octanol–water partition coefficient (Wildman–Crippen LogP) is 1.13. The Balaban J connectivity index is 2.32. The van der Waals surface area contributed by atoms with Gasteiger partial charge in [-0.05, 0) is 31.5 Å². The van der Waals surface area contributed by atoms with E-state index in [-0.39, 0.29) is 16.8 Å². The zero-order valence-corrected chi connectivity index (χ0v) is 11.7. The number of fused-ring (bicyclic) bond motifs is 1. The van der Waals surface area contributed by atoms with Crippen LogP contribution in [0, 0.1) is 0 Å². The molecule has 1 aliphatic rings. The zero-order valence-electron chi connectivity index (χ0n) is 10.9. The molecular formula is C12H17N3O3S. The number of sulfonamides is 1. The standard InChI is InChI=1S/C12H17N3O3S/c1-3-6-13-19(17,18)9-4-5-10-11(7-9)15-12(16)8(2)14-10/h4-5,7-8,13-14H,3,6H2,1-2H3,(H,15,16). The maximum Gasteiger partial charge on any atom is 0.246 e. The molecule has 19 heavy (non-hydrogen) atoms. The van der Waals surface area contributed by atoms with Crippen molar-refractivity contribution < 1.29 is 13.2 Å². The monoisotopic (exact) mass is 283 g/mol. The Hall–Kier alpha value is -1.60. The molecule has 0 bridgehead atoms. The number of carbonyl (C=O) groups is 1. The summed E-state index contributed by atoms with van der Waals surface area (Å²) in [6.45, 7) is 4.02. The molecule has 7 heteroatoms. The van der Waals surface area contributed by atoms with Crippen LogP contribution in [0.5, 0.6) is 0 Å². The Morgan fingerprint density at radius 1 is 1.32 bits per heavy atom. The van der Waals surface area contributed by atoms with Gasteiger partial charge in [0.05, 0.1) is 16.3 Å². The van der Waals surface area contributed by atoms with Crippen molar-refractivity contribution in [2.45, 2.75) is 31.2 Å². The van der Waals surface area contributed by atoms with Crippen LogP contribution in [-0.4, -0.2) is 26.9 Å². The first kappa shape index (κ1) is 13.8. The highest BCUT2D eigenvalue weighted by molar-refractivity contribution is 7.89. The van der Waals surface area contributed by atoms with Gasteiger partial charge in [0.15, 0.2) is 0 Å².